The zero-order chi connectivity index (χ0) is 22.6. The summed E-state index contributed by atoms with van der Waals surface area (Å²) in [6.45, 7) is 0.978. The number of anilines is 1. The maximum Gasteiger partial charge on any atom is 0.261 e. The van der Waals surface area contributed by atoms with Crippen molar-refractivity contribution in [1.82, 2.24) is 14.5 Å². The van der Waals surface area contributed by atoms with E-state index in [0.717, 1.165) is 31.2 Å². The Labute approximate surface area is 191 Å². The first-order valence-corrected chi connectivity index (χ1v) is 12.6. The summed E-state index contributed by atoms with van der Waals surface area (Å²) >= 11 is 1.24. The van der Waals surface area contributed by atoms with E-state index >= 15 is 0 Å². The molecule has 1 fully saturated rings. The number of nitrogens with zero attached hydrogens (tertiary/aromatic N) is 3. The van der Waals surface area contributed by atoms with Crippen LogP contribution >= 0.6 is 11.3 Å². The molecule has 8 nitrogen and oxygen atoms in total. The van der Waals surface area contributed by atoms with E-state index in [4.69, 9.17) is 4.74 Å². The molecule has 0 bridgehead atoms. The Balaban J connectivity index is 1.59. The average molecular weight is 473 g/mol. The van der Waals surface area contributed by atoms with Gasteiger partial charge in [-0.1, -0.05) is 54.5 Å². The van der Waals surface area contributed by atoms with Gasteiger partial charge in [-0.05, 0) is 31.0 Å². The van der Waals surface area contributed by atoms with Crippen molar-refractivity contribution in [2.24, 2.45) is 0 Å². The summed E-state index contributed by atoms with van der Waals surface area (Å²) in [7, 11) is -2.26. The lowest BCUT2D eigenvalue weighted by Crippen LogP contribution is -2.32. The summed E-state index contributed by atoms with van der Waals surface area (Å²) in [5, 5.41) is 11.9. The molecule has 0 atom stereocenters. The number of rotatable bonds is 6. The minimum atomic E-state index is -3.70. The Morgan fingerprint density at radius 2 is 1.75 bits per heavy atom. The van der Waals surface area contributed by atoms with Crippen LogP contribution in [0.25, 0.3) is 10.6 Å². The van der Waals surface area contributed by atoms with Crippen LogP contribution in [0.4, 0.5) is 5.13 Å². The predicted molar refractivity (Wildman–Crippen MR) is 124 cm³/mol. The Morgan fingerprint density at radius 3 is 2.44 bits per heavy atom. The van der Waals surface area contributed by atoms with Gasteiger partial charge in [0.1, 0.15) is 10.8 Å². The van der Waals surface area contributed by atoms with Gasteiger partial charge in [-0.3, -0.25) is 10.1 Å². The molecule has 0 unspecified atom stereocenters. The molecule has 0 saturated carbocycles. The van der Waals surface area contributed by atoms with Crippen LogP contribution in [0.2, 0.25) is 0 Å². The molecule has 1 N–H and O–H groups in total. The molecule has 32 heavy (non-hydrogen) atoms. The van der Waals surface area contributed by atoms with Crippen molar-refractivity contribution in [3.63, 3.8) is 0 Å². The Morgan fingerprint density at radius 1 is 1.03 bits per heavy atom. The van der Waals surface area contributed by atoms with Crippen LogP contribution in [0.3, 0.4) is 0 Å². The highest BCUT2D eigenvalue weighted by Crippen LogP contribution is 2.29. The highest BCUT2D eigenvalue weighted by molar-refractivity contribution is 7.89. The summed E-state index contributed by atoms with van der Waals surface area (Å²) in [6, 6.07) is 13.9. The third-order valence-electron chi connectivity index (χ3n) is 5.28. The molecule has 0 spiro atoms. The smallest absolute Gasteiger partial charge is 0.261 e. The number of hydrogen-bond acceptors (Lipinski definition) is 7. The number of hydrogen-bond donors (Lipinski definition) is 1. The molecule has 1 amide bonds. The molecule has 4 rings (SSSR count). The number of carbonyl (C=O) groups excluding carboxylic acids is 1. The third kappa shape index (κ3) is 4.82. The van der Waals surface area contributed by atoms with Crippen molar-refractivity contribution in [3.05, 3.63) is 54.1 Å². The number of amides is 1. The van der Waals surface area contributed by atoms with Crippen LogP contribution in [-0.2, 0) is 10.0 Å². The largest absolute Gasteiger partial charge is 0.496 e. The van der Waals surface area contributed by atoms with Crippen LogP contribution < -0.4 is 10.1 Å². The summed E-state index contributed by atoms with van der Waals surface area (Å²) in [4.78, 5) is 13.1. The van der Waals surface area contributed by atoms with Crippen LogP contribution in [0, 0.1) is 0 Å². The maximum atomic E-state index is 13.2. The molecule has 10 heteroatoms. The second-order valence-electron chi connectivity index (χ2n) is 7.41. The molecule has 168 valence electrons. The molecule has 0 radical (unpaired) electrons. The molecule has 2 heterocycles. The van der Waals surface area contributed by atoms with Gasteiger partial charge in [0.2, 0.25) is 15.2 Å². The van der Waals surface area contributed by atoms with Crippen molar-refractivity contribution >= 4 is 32.4 Å². The van der Waals surface area contributed by atoms with Gasteiger partial charge in [0.15, 0.2) is 0 Å². The molecule has 1 saturated heterocycles. The monoisotopic (exact) mass is 472 g/mol. The summed E-state index contributed by atoms with van der Waals surface area (Å²) in [6.07, 6.45) is 3.72. The zero-order valence-electron chi connectivity index (χ0n) is 17.7. The van der Waals surface area contributed by atoms with E-state index in [0.29, 0.717) is 23.2 Å². The number of aromatic nitrogens is 2. The lowest BCUT2D eigenvalue weighted by Gasteiger charge is -2.20. The summed E-state index contributed by atoms with van der Waals surface area (Å²) in [5.41, 5.74) is 1.02. The quantitative estimate of drug-likeness (QED) is 0.581. The topological polar surface area (TPSA) is 101 Å². The molecule has 2 aromatic carbocycles. The molecular formula is C22H24N4O4S2. The highest BCUT2D eigenvalue weighted by Gasteiger charge is 2.27. The SMILES string of the molecule is COc1ccc(S(=O)(=O)N2CCCCCC2)cc1C(=O)Nc1nnc(-c2ccccc2)s1. The highest BCUT2D eigenvalue weighted by atomic mass is 32.2. The Bertz CT molecular complexity index is 1190. The van der Waals surface area contributed by atoms with E-state index < -0.39 is 15.9 Å². The second kappa shape index (κ2) is 9.76. The first kappa shape index (κ1) is 22.4. The van der Waals surface area contributed by atoms with E-state index in [1.807, 2.05) is 30.3 Å². The Hall–Kier alpha value is -2.82. The second-order valence-corrected chi connectivity index (χ2v) is 10.3. The van der Waals surface area contributed by atoms with Crippen molar-refractivity contribution in [3.8, 4) is 16.3 Å². The fourth-order valence-electron chi connectivity index (χ4n) is 3.59. The molecule has 1 aromatic heterocycles. The predicted octanol–water partition coefficient (Wildman–Crippen LogP) is 4.03. The van der Waals surface area contributed by atoms with Crippen molar-refractivity contribution in [2.45, 2.75) is 30.6 Å². The van der Waals surface area contributed by atoms with Crippen LogP contribution in [0.1, 0.15) is 36.0 Å². The maximum absolute atomic E-state index is 13.2. The van der Waals surface area contributed by atoms with Gasteiger partial charge in [0.25, 0.3) is 5.91 Å². The molecule has 1 aliphatic rings. The number of carbonyl (C=O) groups is 1. The average Bonchev–Trinajstić information content (AvgIpc) is 3.10. The first-order valence-electron chi connectivity index (χ1n) is 10.4. The standard InChI is InChI=1S/C22H24N4O4S2/c1-30-19-12-11-17(32(28,29)26-13-7-2-3-8-14-26)15-18(19)20(27)23-22-25-24-21(31-22)16-9-5-4-6-10-16/h4-6,9-12,15H,2-3,7-8,13-14H2,1H3,(H,23,25,27). The van der Waals surface area contributed by atoms with Gasteiger partial charge in [0, 0.05) is 18.7 Å². The van der Waals surface area contributed by atoms with Crippen molar-refractivity contribution in [1.29, 1.82) is 0 Å². The van der Waals surface area contributed by atoms with E-state index in [9.17, 15) is 13.2 Å². The number of sulfonamides is 1. The van der Waals surface area contributed by atoms with Gasteiger partial charge >= 0.3 is 0 Å². The van der Waals surface area contributed by atoms with Gasteiger partial charge in [-0.15, -0.1) is 10.2 Å². The Kier molecular flexibility index (Phi) is 6.83. The van der Waals surface area contributed by atoms with E-state index in [-0.39, 0.29) is 16.2 Å². The zero-order valence-corrected chi connectivity index (χ0v) is 19.3. The van der Waals surface area contributed by atoms with Gasteiger partial charge in [-0.2, -0.15) is 4.31 Å². The normalized spacial score (nSPS) is 15.2. The number of ether oxygens (including phenoxy) is 1. The summed E-state index contributed by atoms with van der Waals surface area (Å²) < 4.78 is 33.1. The number of benzene rings is 2. The van der Waals surface area contributed by atoms with Crippen LogP contribution in [-0.4, -0.2) is 49.0 Å². The van der Waals surface area contributed by atoms with Crippen LogP contribution in [0.15, 0.2) is 53.4 Å². The molecular weight excluding hydrogens is 448 g/mol. The van der Waals surface area contributed by atoms with Crippen molar-refractivity contribution < 1.29 is 17.9 Å². The lowest BCUT2D eigenvalue weighted by molar-refractivity contribution is 0.102. The minimum Gasteiger partial charge on any atom is -0.496 e. The lowest BCUT2D eigenvalue weighted by atomic mass is 10.2. The van der Waals surface area contributed by atoms with E-state index in [1.54, 1.807) is 0 Å². The fourth-order valence-corrected chi connectivity index (χ4v) is 5.88. The summed E-state index contributed by atoms with van der Waals surface area (Å²) in [5.74, 6) is -0.226. The minimum absolute atomic E-state index is 0.0765. The molecule has 1 aliphatic heterocycles. The first-order chi connectivity index (χ1) is 15.5. The van der Waals surface area contributed by atoms with E-state index in [1.165, 1.54) is 41.0 Å². The van der Waals surface area contributed by atoms with Gasteiger partial charge in [-0.25, -0.2) is 8.42 Å². The third-order valence-corrected chi connectivity index (χ3v) is 8.07. The molecule has 0 aliphatic carbocycles. The molecule has 3 aromatic rings. The van der Waals surface area contributed by atoms with Gasteiger partial charge < -0.3 is 4.74 Å². The van der Waals surface area contributed by atoms with E-state index in [2.05, 4.69) is 15.5 Å². The van der Waals surface area contributed by atoms with Crippen molar-refractivity contribution in [2.75, 3.05) is 25.5 Å². The van der Waals surface area contributed by atoms with Gasteiger partial charge in [0.05, 0.1) is 17.6 Å². The number of methoxy groups -OCH3 is 1. The fraction of sp³-hybridized carbons (Fsp3) is 0.318. The number of nitrogens with one attached hydrogen (secondary N) is 1. The van der Waals surface area contributed by atoms with Crippen LogP contribution in [0.5, 0.6) is 5.75 Å².